The normalized spacial score (nSPS) is 16.5. The highest BCUT2D eigenvalue weighted by Gasteiger charge is 2.20. The Labute approximate surface area is 145 Å². The van der Waals surface area contributed by atoms with Crippen molar-refractivity contribution in [3.63, 3.8) is 0 Å². The molecule has 2 rings (SSSR count). The van der Waals surface area contributed by atoms with Crippen molar-refractivity contribution in [2.24, 2.45) is 0 Å². The lowest BCUT2D eigenvalue weighted by atomic mass is 10.2. The van der Waals surface area contributed by atoms with E-state index in [0.29, 0.717) is 25.7 Å². The Hall–Kier alpha value is -0.560. The number of thioether (sulfide) groups is 1. The van der Waals surface area contributed by atoms with E-state index in [1.807, 2.05) is 16.7 Å². The van der Waals surface area contributed by atoms with Gasteiger partial charge in [-0.05, 0) is 31.2 Å². The van der Waals surface area contributed by atoms with Crippen LogP contribution in [0, 0.1) is 0 Å². The number of quaternary nitrogens is 1. The molecule has 122 valence electrons. The van der Waals surface area contributed by atoms with Gasteiger partial charge in [-0.1, -0.05) is 15.9 Å². The molecule has 1 aromatic carbocycles. The third-order valence-corrected chi connectivity index (χ3v) is 5.20. The third-order valence-electron chi connectivity index (χ3n) is 3.63. The lowest BCUT2D eigenvalue weighted by Crippen LogP contribution is -2.90. The van der Waals surface area contributed by atoms with E-state index in [-0.39, 0.29) is 5.91 Å². The molecule has 0 saturated carbocycles. The van der Waals surface area contributed by atoms with Gasteiger partial charge in [-0.2, -0.15) is 0 Å². The van der Waals surface area contributed by atoms with Gasteiger partial charge in [-0.15, -0.1) is 11.8 Å². The van der Waals surface area contributed by atoms with Crippen molar-refractivity contribution >= 4 is 33.6 Å². The van der Waals surface area contributed by atoms with Gasteiger partial charge in [0.05, 0.1) is 32.2 Å². The van der Waals surface area contributed by atoms with E-state index in [1.165, 1.54) is 4.90 Å². The molecule has 0 aliphatic carbocycles. The minimum atomic E-state index is 0.257. The maximum atomic E-state index is 12.1. The minimum absolute atomic E-state index is 0.257. The van der Waals surface area contributed by atoms with Crippen LogP contribution in [0.2, 0.25) is 0 Å². The molecule has 0 radical (unpaired) electrons. The first-order valence-corrected chi connectivity index (χ1v) is 9.50. The number of amides is 1. The largest absolute Gasteiger partial charge is 0.378 e. The van der Waals surface area contributed by atoms with Gasteiger partial charge in [0.2, 0.25) is 5.91 Å². The maximum Gasteiger partial charge on any atom is 0.228 e. The Bertz CT molecular complexity index is 464. The standard InChI is InChI=1S/C16H23BrN2O2S/c1-13(12-16(20)19-7-9-21-10-8-19)18-6-11-22-15-4-2-14(17)3-5-15/h2-5,13,18H,6-12H2,1H3/p+1/t13-/m0/s1. The molecule has 1 fully saturated rings. The lowest BCUT2D eigenvalue weighted by molar-refractivity contribution is -0.681. The second-order valence-corrected chi connectivity index (χ2v) is 7.59. The Morgan fingerprint density at radius 1 is 1.36 bits per heavy atom. The van der Waals surface area contributed by atoms with E-state index >= 15 is 0 Å². The molecule has 22 heavy (non-hydrogen) atoms. The zero-order valence-electron chi connectivity index (χ0n) is 13.0. The Balaban J connectivity index is 1.59. The number of morpholine rings is 1. The summed E-state index contributed by atoms with van der Waals surface area (Å²) in [5.74, 6) is 1.31. The first-order valence-electron chi connectivity index (χ1n) is 7.72. The fourth-order valence-corrected chi connectivity index (χ4v) is 3.44. The molecule has 2 N–H and O–H groups in total. The van der Waals surface area contributed by atoms with Crippen LogP contribution in [0.1, 0.15) is 13.3 Å². The van der Waals surface area contributed by atoms with Crippen LogP contribution in [0.25, 0.3) is 0 Å². The number of hydrogen-bond donors (Lipinski definition) is 1. The molecule has 1 aromatic rings. The summed E-state index contributed by atoms with van der Waals surface area (Å²) in [4.78, 5) is 15.3. The molecular formula is C16H24BrN2O2S+. The van der Waals surface area contributed by atoms with Gasteiger partial charge in [0, 0.05) is 28.2 Å². The van der Waals surface area contributed by atoms with Crippen LogP contribution in [0.4, 0.5) is 0 Å². The summed E-state index contributed by atoms with van der Waals surface area (Å²) in [5, 5.41) is 2.27. The highest BCUT2D eigenvalue weighted by molar-refractivity contribution is 9.10. The van der Waals surface area contributed by atoms with E-state index in [2.05, 4.69) is 52.4 Å². The highest BCUT2D eigenvalue weighted by atomic mass is 79.9. The molecule has 4 nitrogen and oxygen atoms in total. The van der Waals surface area contributed by atoms with Crippen LogP contribution >= 0.6 is 27.7 Å². The molecule has 1 atom stereocenters. The number of nitrogens with two attached hydrogens (primary N) is 1. The molecule has 0 spiro atoms. The number of nitrogens with zero attached hydrogens (tertiary/aromatic N) is 1. The number of benzene rings is 1. The first kappa shape index (κ1) is 17.8. The van der Waals surface area contributed by atoms with E-state index in [4.69, 9.17) is 4.74 Å². The molecule has 1 heterocycles. The zero-order chi connectivity index (χ0) is 15.8. The summed E-state index contributed by atoms with van der Waals surface area (Å²) >= 11 is 5.30. The Kier molecular flexibility index (Phi) is 7.72. The highest BCUT2D eigenvalue weighted by Crippen LogP contribution is 2.19. The summed E-state index contributed by atoms with van der Waals surface area (Å²) < 4.78 is 6.39. The van der Waals surface area contributed by atoms with Gasteiger partial charge >= 0.3 is 0 Å². The average Bonchev–Trinajstić information content (AvgIpc) is 2.54. The fourth-order valence-electron chi connectivity index (χ4n) is 2.36. The third kappa shape index (κ3) is 6.28. The first-order chi connectivity index (χ1) is 10.6. The van der Waals surface area contributed by atoms with Crippen molar-refractivity contribution in [1.82, 2.24) is 4.90 Å². The van der Waals surface area contributed by atoms with Gasteiger partial charge in [0.1, 0.15) is 0 Å². The molecule has 1 aliphatic rings. The topological polar surface area (TPSA) is 46.2 Å². The number of halogens is 1. The summed E-state index contributed by atoms with van der Waals surface area (Å²) in [5.41, 5.74) is 0. The molecule has 1 amide bonds. The number of carbonyl (C=O) groups excluding carboxylic acids is 1. The molecule has 1 aliphatic heterocycles. The van der Waals surface area contributed by atoms with E-state index < -0.39 is 0 Å². The van der Waals surface area contributed by atoms with Crippen LogP contribution in [0.5, 0.6) is 0 Å². The summed E-state index contributed by atoms with van der Waals surface area (Å²) in [6.07, 6.45) is 0.614. The van der Waals surface area contributed by atoms with Crippen LogP contribution in [0.3, 0.4) is 0 Å². The van der Waals surface area contributed by atoms with Crippen molar-refractivity contribution in [2.75, 3.05) is 38.6 Å². The van der Waals surface area contributed by atoms with Crippen molar-refractivity contribution < 1.29 is 14.8 Å². The van der Waals surface area contributed by atoms with E-state index in [0.717, 1.165) is 29.9 Å². The molecule has 0 unspecified atom stereocenters. The second-order valence-electron chi connectivity index (χ2n) is 5.50. The van der Waals surface area contributed by atoms with Crippen molar-refractivity contribution in [3.05, 3.63) is 28.7 Å². The molecule has 0 aromatic heterocycles. The predicted molar refractivity (Wildman–Crippen MR) is 93.1 cm³/mol. The quantitative estimate of drug-likeness (QED) is 0.572. The summed E-state index contributed by atoms with van der Waals surface area (Å²) in [6.45, 7) is 5.98. The molecule has 0 bridgehead atoms. The van der Waals surface area contributed by atoms with Crippen molar-refractivity contribution in [3.8, 4) is 0 Å². The number of rotatable bonds is 7. The maximum absolute atomic E-state index is 12.1. The fraction of sp³-hybridized carbons (Fsp3) is 0.562. The second kappa shape index (κ2) is 9.55. The Morgan fingerprint density at radius 2 is 2.05 bits per heavy atom. The predicted octanol–water partition coefficient (Wildman–Crippen LogP) is 1.74. The summed E-state index contributed by atoms with van der Waals surface area (Å²) in [6, 6.07) is 8.71. The number of hydrogen-bond acceptors (Lipinski definition) is 3. The minimum Gasteiger partial charge on any atom is -0.378 e. The number of carbonyl (C=O) groups is 1. The van der Waals surface area contributed by atoms with Gasteiger partial charge in [0.25, 0.3) is 0 Å². The summed E-state index contributed by atoms with van der Waals surface area (Å²) in [7, 11) is 0. The van der Waals surface area contributed by atoms with Crippen LogP contribution in [-0.2, 0) is 9.53 Å². The van der Waals surface area contributed by atoms with Gasteiger partial charge < -0.3 is 15.0 Å². The molecular weight excluding hydrogens is 364 g/mol. The van der Waals surface area contributed by atoms with E-state index in [1.54, 1.807) is 0 Å². The van der Waals surface area contributed by atoms with Crippen molar-refractivity contribution in [2.45, 2.75) is 24.3 Å². The smallest absolute Gasteiger partial charge is 0.228 e. The van der Waals surface area contributed by atoms with Crippen LogP contribution < -0.4 is 5.32 Å². The average molecular weight is 388 g/mol. The van der Waals surface area contributed by atoms with E-state index in [9.17, 15) is 4.79 Å². The van der Waals surface area contributed by atoms with Crippen LogP contribution in [0.15, 0.2) is 33.6 Å². The lowest BCUT2D eigenvalue weighted by Gasteiger charge is -2.27. The van der Waals surface area contributed by atoms with Crippen molar-refractivity contribution in [1.29, 1.82) is 0 Å². The van der Waals surface area contributed by atoms with Crippen LogP contribution in [-0.4, -0.2) is 55.4 Å². The Morgan fingerprint density at radius 3 is 2.73 bits per heavy atom. The SMILES string of the molecule is C[C@@H](CC(=O)N1CCOCC1)[NH2+]CCSc1ccc(Br)cc1. The molecule has 6 heteroatoms. The molecule has 1 saturated heterocycles. The van der Waals surface area contributed by atoms with Gasteiger partial charge in [0.15, 0.2) is 0 Å². The van der Waals surface area contributed by atoms with Gasteiger partial charge in [-0.3, -0.25) is 4.79 Å². The van der Waals surface area contributed by atoms with Gasteiger partial charge in [-0.25, -0.2) is 0 Å². The zero-order valence-corrected chi connectivity index (χ0v) is 15.4. The monoisotopic (exact) mass is 387 g/mol. The number of ether oxygens (including phenoxy) is 1.